The molecule has 31 heavy (non-hydrogen) atoms. The summed E-state index contributed by atoms with van der Waals surface area (Å²) in [5.74, 6) is -1.79. The highest BCUT2D eigenvalue weighted by molar-refractivity contribution is 5.65. The number of hydrogen-bond donors (Lipinski definition) is 1. The first-order valence-corrected chi connectivity index (χ1v) is 10.5. The number of aryl methyl sites for hydroxylation is 2. The molecule has 0 bridgehead atoms. The highest BCUT2D eigenvalue weighted by Crippen LogP contribution is 2.57. The smallest absolute Gasteiger partial charge is 0.167 e. The van der Waals surface area contributed by atoms with Crippen molar-refractivity contribution in [2.24, 2.45) is 5.41 Å². The van der Waals surface area contributed by atoms with Gasteiger partial charge in [-0.1, -0.05) is 24.8 Å². The van der Waals surface area contributed by atoms with E-state index in [1.807, 2.05) is 24.0 Å². The van der Waals surface area contributed by atoms with Crippen molar-refractivity contribution in [1.29, 1.82) is 0 Å². The van der Waals surface area contributed by atoms with Gasteiger partial charge in [-0.25, -0.2) is 13.5 Å². The van der Waals surface area contributed by atoms with Gasteiger partial charge in [-0.15, -0.1) is 0 Å². The van der Waals surface area contributed by atoms with E-state index in [0.29, 0.717) is 17.7 Å². The van der Waals surface area contributed by atoms with Gasteiger partial charge in [0.15, 0.2) is 11.6 Å². The predicted octanol–water partition coefficient (Wildman–Crippen LogP) is 5.32. The summed E-state index contributed by atoms with van der Waals surface area (Å²) in [6, 6.07) is 12.3. The third kappa shape index (κ3) is 3.21. The van der Waals surface area contributed by atoms with Gasteiger partial charge in [0.05, 0.1) is 11.4 Å². The summed E-state index contributed by atoms with van der Waals surface area (Å²) < 4.78 is 29.6. The first-order valence-electron chi connectivity index (χ1n) is 10.5. The second kappa shape index (κ2) is 6.94. The van der Waals surface area contributed by atoms with Crippen LogP contribution in [0.2, 0.25) is 0 Å². The van der Waals surface area contributed by atoms with Gasteiger partial charge in [0.1, 0.15) is 5.82 Å². The number of phenolic OH excluding ortho intramolecular Hbond substituents is 1. The normalized spacial score (nSPS) is 17.5. The van der Waals surface area contributed by atoms with Crippen molar-refractivity contribution in [3.05, 3.63) is 83.2 Å². The summed E-state index contributed by atoms with van der Waals surface area (Å²) in [5.41, 5.74) is 5.39. The average molecular weight is 421 g/mol. The van der Waals surface area contributed by atoms with Crippen molar-refractivity contribution >= 4 is 5.70 Å². The van der Waals surface area contributed by atoms with E-state index in [1.165, 1.54) is 11.3 Å². The zero-order chi connectivity index (χ0) is 21.9. The van der Waals surface area contributed by atoms with E-state index in [9.17, 15) is 13.9 Å². The fraction of sp³-hybridized carbons (Fsp3) is 0.320. The molecule has 1 aromatic heterocycles. The Bertz CT molecular complexity index is 1190. The van der Waals surface area contributed by atoms with Crippen LogP contribution in [0.5, 0.6) is 5.75 Å². The molecule has 0 unspecified atom stereocenters. The lowest BCUT2D eigenvalue weighted by atomic mass is 9.56. The predicted molar refractivity (Wildman–Crippen MR) is 116 cm³/mol. The number of rotatable bonds is 4. The van der Waals surface area contributed by atoms with Gasteiger partial charge in [-0.05, 0) is 50.5 Å². The molecule has 1 saturated heterocycles. The second-order valence-corrected chi connectivity index (χ2v) is 9.10. The minimum atomic E-state index is -0.962. The number of nitrogens with zero attached hydrogens (tertiary/aromatic N) is 3. The summed E-state index contributed by atoms with van der Waals surface area (Å²) in [4.78, 5) is 2.01. The molecule has 0 amide bonds. The largest absolute Gasteiger partial charge is 0.505 e. The Morgan fingerprint density at radius 1 is 1.10 bits per heavy atom. The molecule has 1 N–H and O–H groups in total. The average Bonchev–Trinajstić information content (AvgIpc) is 3.03. The molecular weight excluding hydrogens is 396 g/mol. The standard InChI is InChI=1S/C25H25F2N3O/c1-15-6-4-5-7-22(15)30-23(8-16(2)28-30)18-11-25(12-18)13-29(14-25)17(3)19-9-24(31)21(27)10-20(19)26/h4-10,18,31H,3,11-14H2,1-2H3. The van der Waals surface area contributed by atoms with E-state index in [0.717, 1.165) is 43.4 Å². The lowest BCUT2D eigenvalue weighted by Crippen LogP contribution is -2.60. The van der Waals surface area contributed by atoms with Crippen LogP contribution < -0.4 is 0 Å². The molecule has 2 fully saturated rings. The fourth-order valence-corrected chi connectivity index (χ4v) is 5.14. The second-order valence-electron chi connectivity index (χ2n) is 9.10. The number of para-hydroxylation sites is 1. The lowest BCUT2D eigenvalue weighted by molar-refractivity contribution is -0.0412. The van der Waals surface area contributed by atoms with Crippen LogP contribution in [0.3, 0.4) is 0 Å². The van der Waals surface area contributed by atoms with Crippen molar-refractivity contribution in [1.82, 2.24) is 14.7 Å². The molecule has 0 radical (unpaired) electrons. The molecule has 1 spiro atoms. The third-order valence-corrected chi connectivity index (χ3v) is 6.76. The first kappa shape index (κ1) is 19.8. The van der Waals surface area contributed by atoms with Gasteiger partial charge >= 0.3 is 0 Å². The number of hydrogen-bond acceptors (Lipinski definition) is 3. The van der Waals surface area contributed by atoms with Crippen molar-refractivity contribution in [3.63, 3.8) is 0 Å². The molecule has 1 saturated carbocycles. The zero-order valence-electron chi connectivity index (χ0n) is 17.7. The van der Waals surface area contributed by atoms with E-state index >= 15 is 0 Å². The molecule has 0 atom stereocenters. The monoisotopic (exact) mass is 421 g/mol. The summed E-state index contributed by atoms with van der Waals surface area (Å²) >= 11 is 0. The van der Waals surface area contributed by atoms with Gasteiger partial charge in [0, 0.05) is 47.4 Å². The third-order valence-electron chi connectivity index (χ3n) is 6.76. The Morgan fingerprint density at radius 3 is 2.52 bits per heavy atom. The Labute approximate surface area is 180 Å². The van der Waals surface area contributed by atoms with Gasteiger partial charge in [-0.3, -0.25) is 0 Å². The molecule has 2 aliphatic rings. The SMILES string of the molecule is C=C(c1cc(O)c(F)cc1F)N1CC2(CC(c3cc(C)nn3-c3ccccc3C)C2)C1. The highest BCUT2D eigenvalue weighted by Gasteiger charge is 2.53. The number of benzene rings is 2. The molecule has 1 aliphatic heterocycles. The topological polar surface area (TPSA) is 41.3 Å². The summed E-state index contributed by atoms with van der Waals surface area (Å²) in [6.45, 7) is 9.68. The van der Waals surface area contributed by atoms with E-state index in [-0.39, 0.29) is 11.0 Å². The zero-order valence-corrected chi connectivity index (χ0v) is 17.7. The maximum atomic E-state index is 14.2. The summed E-state index contributed by atoms with van der Waals surface area (Å²) in [7, 11) is 0. The molecule has 6 heteroatoms. The van der Waals surface area contributed by atoms with Crippen LogP contribution in [0, 0.1) is 30.9 Å². The number of likely N-dealkylation sites (tertiary alicyclic amines) is 1. The number of aromatic hydroxyl groups is 1. The fourth-order valence-electron chi connectivity index (χ4n) is 5.14. The van der Waals surface area contributed by atoms with Crippen LogP contribution in [0.15, 0.2) is 49.0 Å². The van der Waals surface area contributed by atoms with Crippen molar-refractivity contribution in [2.45, 2.75) is 32.6 Å². The molecule has 2 aromatic carbocycles. The van der Waals surface area contributed by atoms with Gasteiger partial charge in [0.25, 0.3) is 0 Å². The van der Waals surface area contributed by atoms with Crippen molar-refractivity contribution < 1.29 is 13.9 Å². The molecular formula is C25H25F2N3O. The Balaban J connectivity index is 1.29. The molecule has 1 aliphatic carbocycles. The van der Waals surface area contributed by atoms with Crippen molar-refractivity contribution in [3.8, 4) is 11.4 Å². The van der Waals surface area contributed by atoms with Gasteiger partial charge in [0.2, 0.25) is 0 Å². The van der Waals surface area contributed by atoms with Crippen LogP contribution in [0.25, 0.3) is 11.4 Å². The van der Waals surface area contributed by atoms with E-state index < -0.39 is 17.4 Å². The Morgan fingerprint density at radius 2 is 1.81 bits per heavy atom. The van der Waals surface area contributed by atoms with E-state index in [1.54, 1.807) is 0 Å². The number of aromatic nitrogens is 2. The maximum Gasteiger partial charge on any atom is 0.167 e. The summed E-state index contributed by atoms with van der Waals surface area (Å²) in [6.07, 6.45) is 2.09. The molecule has 4 nitrogen and oxygen atoms in total. The molecule has 160 valence electrons. The lowest BCUT2D eigenvalue weighted by Gasteiger charge is -2.60. The molecule has 2 heterocycles. The minimum absolute atomic E-state index is 0.151. The van der Waals surface area contributed by atoms with Crippen LogP contribution in [-0.2, 0) is 0 Å². The number of halogens is 2. The van der Waals surface area contributed by atoms with Crippen LogP contribution in [0.1, 0.15) is 41.3 Å². The molecule has 5 rings (SSSR count). The highest BCUT2D eigenvalue weighted by atomic mass is 19.1. The Kier molecular flexibility index (Phi) is 4.43. The number of phenols is 1. The van der Waals surface area contributed by atoms with E-state index in [2.05, 4.69) is 36.4 Å². The van der Waals surface area contributed by atoms with Crippen LogP contribution in [0.4, 0.5) is 8.78 Å². The first-order chi connectivity index (χ1) is 14.8. The molecule has 3 aromatic rings. The Hall–Kier alpha value is -3.15. The van der Waals surface area contributed by atoms with E-state index in [4.69, 9.17) is 5.10 Å². The maximum absolute atomic E-state index is 14.2. The van der Waals surface area contributed by atoms with Crippen LogP contribution in [-0.4, -0.2) is 32.9 Å². The minimum Gasteiger partial charge on any atom is -0.505 e. The van der Waals surface area contributed by atoms with Gasteiger partial charge in [-0.2, -0.15) is 5.10 Å². The summed E-state index contributed by atoms with van der Waals surface area (Å²) in [5, 5.41) is 14.3. The van der Waals surface area contributed by atoms with Crippen LogP contribution >= 0.6 is 0 Å². The van der Waals surface area contributed by atoms with Crippen molar-refractivity contribution in [2.75, 3.05) is 13.1 Å². The van der Waals surface area contributed by atoms with Gasteiger partial charge < -0.3 is 10.0 Å². The quantitative estimate of drug-likeness (QED) is 0.620.